The summed E-state index contributed by atoms with van der Waals surface area (Å²) in [6.45, 7) is 2.25. The van der Waals surface area contributed by atoms with Gasteiger partial charge in [0, 0.05) is 11.6 Å². The van der Waals surface area contributed by atoms with E-state index in [4.69, 9.17) is 9.47 Å². The summed E-state index contributed by atoms with van der Waals surface area (Å²) in [5, 5.41) is 0. The zero-order valence-corrected chi connectivity index (χ0v) is 19.4. The van der Waals surface area contributed by atoms with Gasteiger partial charge in [-0.15, -0.1) is 0 Å². The molecule has 4 nitrogen and oxygen atoms in total. The van der Waals surface area contributed by atoms with Gasteiger partial charge < -0.3 is 9.47 Å². The van der Waals surface area contributed by atoms with Crippen molar-refractivity contribution in [3.63, 3.8) is 0 Å². The van der Waals surface area contributed by atoms with E-state index in [9.17, 15) is 9.59 Å². The Morgan fingerprint density at radius 3 is 2.09 bits per heavy atom. The minimum atomic E-state index is -0.526. The van der Waals surface area contributed by atoms with Crippen LogP contribution in [0.25, 0.3) is 0 Å². The quantitative estimate of drug-likeness (QED) is 0.0679. The average Bonchev–Trinajstić information content (AvgIpc) is 2.81. The molecule has 1 aromatic carbocycles. The van der Waals surface area contributed by atoms with Crippen molar-refractivity contribution in [1.29, 1.82) is 0 Å². The molecule has 1 aromatic rings. The van der Waals surface area contributed by atoms with E-state index < -0.39 is 5.97 Å². The fraction of sp³-hybridized carbons (Fsp3) is 0.357. The number of rotatable bonds is 16. The molecule has 0 bridgehead atoms. The number of esters is 1. The number of allylic oxidation sites excluding steroid dienone is 9. The first-order valence-electron chi connectivity index (χ1n) is 11.4. The average molecular weight is 437 g/mol. The third kappa shape index (κ3) is 13.2. The number of methoxy groups -OCH3 is 1. The van der Waals surface area contributed by atoms with Gasteiger partial charge in [-0.05, 0) is 31.0 Å². The van der Waals surface area contributed by atoms with E-state index in [1.54, 1.807) is 18.2 Å². The third-order valence-corrected chi connectivity index (χ3v) is 4.65. The smallest absolute Gasteiger partial charge is 0.336 e. The number of ether oxygens (including phenoxy) is 2. The Labute approximate surface area is 193 Å². The molecule has 0 radical (unpaired) electrons. The highest BCUT2D eigenvalue weighted by Gasteiger charge is 2.08. The van der Waals surface area contributed by atoms with E-state index in [1.165, 1.54) is 70.3 Å². The maximum Gasteiger partial charge on any atom is 0.336 e. The largest absolute Gasteiger partial charge is 0.493 e. The van der Waals surface area contributed by atoms with E-state index in [0.717, 1.165) is 6.42 Å². The molecule has 1 rings (SSSR count). The van der Waals surface area contributed by atoms with E-state index in [0.29, 0.717) is 17.6 Å². The second-order valence-corrected chi connectivity index (χ2v) is 7.30. The molecule has 0 fully saturated rings. The Morgan fingerprint density at radius 2 is 1.44 bits per heavy atom. The lowest BCUT2D eigenvalue weighted by Crippen LogP contribution is -2.05. The first kappa shape index (κ1) is 26.9. The number of carbonyl (C=O) groups is 2. The number of hydrogen-bond acceptors (Lipinski definition) is 4. The van der Waals surface area contributed by atoms with Crippen LogP contribution in [0.2, 0.25) is 0 Å². The van der Waals surface area contributed by atoms with Gasteiger partial charge in [-0.3, -0.25) is 4.79 Å². The summed E-state index contributed by atoms with van der Waals surface area (Å²) in [6.07, 6.45) is 29.8. The van der Waals surface area contributed by atoms with Gasteiger partial charge in [0.25, 0.3) is 0 Å². The molecule has 0 aliphatic rings. The van der Waals surface area contributed by atoms with Gasteiger partial charge in [-0.2, -0.15) is 0 Å². The lowest BCUT2D eigenvalue weighted by Gasteiger charge is -2.07. The molecule has 0 spiro atoms. The molecule has 0 aliphatic carbocycles. The van der Waals surface area contributed by atoms with Crippen molar-refractivity contribution in [2.45, 2.75) is 58.3 Å². The molecule has 0 N–H and O–H groups in total. The van der Waals surface area contributed by atoms with Crippen molar-refractivity contribution in [3.05, 3.63) is 84.5 Å². The fourth-order valence-electron chi connectivity index (χ4n) is 2.90. The summed E-state index contributed by atoms with van der Waals surface area (Å²) in [6, 6.07) is 4.61. The standard InChI is InChI=1S/C28H36O4/c1-3-4-5-6-7-8-9-10-11-12-13-14-15-16-17-18-19-20-28(30)32-26-22-21-25(24-29)23-27(26)31-2/h11-24H,3-10H2,1-2H3/b12-11+,14-13+,16-15+,18-17+,20-19+. The zero-order chi connectivity index (χ0) is 23.3. The lowest BCUT2D eigenvalue weighted by molar-refractivity contribution is -0.129. The Morgan fingerprint density at radius 1 is 0.812 bits per heavy atom. The van der Waals surface area contributed by atoms with Crippen molar-refractivity contribution >= 4 is 12.3 Å². The highest BCUT2D eigenvalue weighted by molar-refractivity contribution is 5.85. The summed E-state index contributed by atoms with van der Waals surface area (Å²) < 4.78 is 10.4. The van der Waals surface area contributed by atoms with Gasteiger partial charge in [-0.1, -0.05) is 100 Å². The van der Waals surface area contributed by atoms with Crippen LogP contribution in [-0.2, 0) is 4.79 Å². The molecule has 0 aliphatic heterocycles. The van der Waals surface area contributed by atoms with Crippen LogP contribution in [0.15, 0.2) is 79.0 Å². The van der Waals surface area contributed by atoms with Crippen LogP contribution in [0, 0.1) is 0 Å². The van der Waals surface area contributed by atoms with Crippen molar-refractivity contribution in [2.24, 2.45) is 0 Å². The molecule has 172 valence electrons. The second-order valence-electron chi connectivity index (χ2n) is 7.30. The van der Waals surface area contributed by atoms with Crippen molar-refractivity contribution in [1.82, 2.24) is 0 Å². The first-order valence-corrected chi connectivity index (χ1v) is 11.4. The minimum Gasteiger partial charge on any atom is -0.493 e. The van der Waals surface area contributed by atoms with Crippen LogP contribution in [0.5, 0.6) is 11.5 Å². The van der Waals surface area contributed by atoms with Crippen molar-refractivity contribution in [3.8, 4) is 11.5 Å². The fourth-order valence-corrected chi connectivity index (χ4v) is 2.90. The van der Waals surface area contributed by atoms with E-state index >= 15 is 0 Å². The third-order valence-electron chi connectivity index (χ3n) is 4.65. The van der Waals surface area contributed by atoms with Gasteiger partial charge in [0.05, 0.1) is 7.11 Å². The van der Waals surface area contributed by atoms with Gasteiger partial charge in [0.1, 0.15) is 6.29 Å². The summed E-state index contributed by atoms with van der Waals surface area (Å²) in [7, 11) is 1.45. The van der Waals surface area contributed by atoms with Crippen molar-refractivity contribution in [2.75, 3.05) is 7.11 Å². The van der Waals surface area contributed by atoms with Crippen LogP contribution < -0.4 is 9.47 Å². The lowest BCUT2D eigenvalue weighted by atomic mass is 10.1. The maximum atomic E-state index is 11.9. The summed E-state index contributed by atoms with van der Waals surface area (Å²) in [4.78, 5) is 22.7. The Kier molecular flexibility index (Phi) is 15.6. The van der Waals surface area contributed by atoms with Crippen LogP contribution >= 0.6 is 0 Å². The first-order chi connectivity index (χ1) is 15.7. The number of carbonyl (C=O) groups excluding carboxylic acids is 2. The number of aldehydes is 1. The Balaban J connectivity index is 2.22. The second kappa shape index (κ2) is 18.6. The highest BCUT2D eigenvalue weighted by atomic mass is 16.6. The molecule has 0 heterocycles. The van der Waals surface area contributed by atoms with Crippen LogP contribution in [0.1, 0.15) is 68.6 Å². The molecule has 0 aromatic heterocycles. The predicted molar refractivity (Wildman–Crippen MR) is 132 cm³/mol. The zero-order valence-electron chi connectivity index (χ0n) is 19.4. The van der Waals surface area contributed by atoms with Gasteiger partial charge in [0.15, 0.2) is 11.5 Å². The van der Waals surface area contributed by atoms with E-state index in [-0.39, 0.29) is 5.75 Å². The monoisotopic (exact) mass is 436 g/mol. The van der Waals surface area contributed by atoms with Gasteiger partial charge >= 0.3 is 5.97 Å². The molecule has 0 saturated carbocycles. The highest BCUT2D eigenvalue weighted by Crippen LogP contribution is 2.27. The van der Waals surface area contributed by atoms with Crippen LogP contribution in [-0.4, -0.2) is 19.4 Å². The number of benzene rings is 1. The Bertz CT molecular complexity index is 813. The van der Waals surface area contributed by atoms with E-state index in [1.807, 2.05) is 30.4 Å². The predicted octanol–water partition coefficient (Wildman–Crippen LogP) is 7.33. The summed E-state index contributed by atoms with van der Waals surface area (Å²) in [5.74, 6) is 0.0710. The molecule has 0 unspecified atom stereocenters. The van der Waals surface area contributed by atoms with Crippen LogP contribution in [0.4, 0.5) is 0 Å². The Hall–Kier alpha value is -3.14. The molecule has 4 heteroatoms. The molecule has 0 atom stereocenters. The van der Waals surface area contributed by atoms with E-state index in [2.05, 4.69) is 19.1 Å². The van der Waals surface area contributed by atoms with Gasteiger partial charge in [0.2, 0.25) is 0 Å². The molecule has 32 heavy (non-hydrogen) atoms. The minimum absolute atomic E-state index is 0.266. The summed E-state index contributed by atoms with van der Waals surface area (Å²) in [5.41, 5.74) is 0.449. The van der Waals surface area contributed by atoms with Crippen molar-refractivity contribution < 1.29 is 19.1 Å². The SMILES string of the molecule is CCCCCCCCC/C=C/C=C/C=C/C=C/C=C/C(=O)Oc1ccc(C=O)cc1OC. The summed E-state index contributed by atoms with van der Waals surface area (Å²) >= 11 is 0. The maximum absolute atomic E-state index is 11.9. The number of unbranched alkanes of at least 4 members (excludes halogenated alkanes) is 7. The molecular formula is C28H36O4. The molecule has 0 amide bonds. The van der Waals surface area contributed by atoms with Gasteiger partial charge in [-0.25, -0.2) is 4.79 Å². The topological polar surface area (TPSA) is 52.6 Å². The number of hydrogen-bond donors (Lipinski definition) is 0. The van der Waals surface area contributed by atoms with Crippen LogP contribution in [0.3, 0.4) is 0 Å². The molecule has 0 saturated heterocycles. The molecular weight excluding hydrogens is 400 g/mol. The normalized spacial score (nSPS) is 12.1.